The number of hydrogen-bond donors (Lipinski definition) is 1. The van der Waals surface area contributed by atoms with Crippen molar-refractivity contribution in [3.05, 3.63) is 57.2 Å². The maximum absolute atomic E-state index is 11.3. The number of carboxylic acids is 1. The summed E-state index contributed by atoms with van der Waals surface area (Å²) in [5.41, 5.74) is 1.96. The van der Waals surface area contributed by atoms with Crippen LogP contribution < -0.4 is 0 Å². The quantitative estimate of drug-likeness (QED) is 0.902. The third-order valence-electron chi connectivity index (χ3n) is 2.84. The van der Waals surface area contributed by atoms with E-state index in [0.29, 0.717) is 17.9 Å². The summed E-state index contributed by atoms with van der Waals surface area (Å²) in [5, 5.41) is 13.9. The molecule has 18 heavy (non-hydrogen) atoms. The smallest absolute Gasteiger partial charge is 0.307 e. The van der Waals surface area contributed by atoms with E-state index in [1.54, 1.807) is 17.4 Å². The number of halogens is 1. The van der Waals surface area contributed by atoms with Crippen LogP contribution in [0, 0.1) is 5.92 Å². The Morgan fingerprint density at radius 3 is 2.67 bits per heavy atom. The van der Waals surface area contributed by atoms with Crippen molar-refractivity contribution < 1.29 is 9.90 Å². The topological polar surface area (TPSA) is 37.3 Å². The van der Waals surface area contributed by atoms with Crippen molar-refractivity contribution in [2.75, 3.05) is 0 Å². The molecule has 0 saturated heterocycles. The average Bonchev–Trinajstić information content (AvgIpc) is 2.83. The molecule has 0 radical (unpaired) electrons. The molecular formula is C14H13ClO2S. The van der Waals surface area contributed by atoms with Crippen molar-refractivity contribution in [2.24, 2.45) is 5.92 Å². The molecule has 0 fully saturated rings. The van der Waals surface area contributed by atoms with Gasteiger partial charge in [0.05, 0.1) is 5.92 Å². The fourth-order valence-electron chi connectivity index (χ4n) is 1.87. The van der Waals surface area contributed by atoms with E-state index in [2.05, 4.69) is 0 Å². The highest BCUT2D eigenvalue weighted by molar-refractivity contribution is 7.07. The molecule has 0 spiro atoms. The molecule has 0 aliphatic heterocycles. The maximum Gasteiger partial charge on any atom is 0.307 e. The highest BCUT2D eigenvalue weighted by Gasteiger charge is 2.19. The summed E-state index contributed by atoms with van der Waals surface area (Å²) in [4.78, 5) is 11.3. The van der Waals surface area contributed by atoms with Crippen LogP contribution >= 0.6 is 22.9 Å². The molecule has 0 aliphatic rings. The zero-order valence-electron chi connectivity index (χ0n) is 9.67. The monoisotopic (exact) mass is 280 g/mol. The molecule has 4 heteroatoms. The van der Waals surface area contributed by atoms with E-state index < -0.39 is 11.9 Å². The fraction of sp³-hybridized carbons (Fsp3) is 0.214. The zero-order chi connectivity index (χ0) is 13.0. The predicted octanol–water partition coefficient (Wildman–Crippen LogP) is 3.89. The molecule has 94 valence electrons. The second-order valence-corrected chi connectivity index (χ2v) is 5.35. The minimum Gasteiger partial charge on any atom is -0.481 e. The molecule has 2 rings (SSSR count). The van der Waals surface area contributed by atoms with Crippen molar-refractivity contribution in [1.82, 2.24) is 0 Å². The number of benzene rings is 1. The molecule has 1 aromatic heterocycles. The van der Waals surface area contributed by atoms with Gasteiger partial charge in [-0.1, -0.05) is 29.8 Å². The minimum atomic E-state index is -0.777. The van der Waals surface area contributed by atoms with Crippen molar-refractivity contribution in [3.8, 4) is 0 Å². The Morgan fingerprint density at radius 1 is 1.28 bits per heavy atom. The molecule has 1 unspecified atom stereocenters. The Bertz CT molecular complexity index is 522. The van der Waals surface area contributed by atoms with E-state index >= 15 is 0 Å². The second kappa shape index (κ2) is 6.03. The normalized spacial score (nSPS) is 12.3. The van der Waals surface area contributed by atoms with Crippen LogP contribution in [0.5, 0.6) is 0 Å². The van der Waals surface area contributed by atoms with Gasteiger partial charge in [0, 0.05) is 5.02 Å². The van der Waals surface area contributed by atoms with Gasteiger partial charge in [-0.25, -0.2) is 0 Å². The molecule has 1 N–H and O–H groups in total. The van der Waals surface area contributed by atoms with Gasteiger partial charge in [-0.05, 0) is 46.9 Å². The molecule has 2 aromatic rings. The fourth-order valence-corrected chi connectivity index (χ4v) is 2.76. The SMILES string of the molecule is O=C(O)C(Cc1ccsc1)Cc1ccccc1Cl. The Morgan fingerprint density at radius 2 is 2.06 bits per heavy atom. The Hall–Kier alpha value is -1.32. The predicted molar refractivity (Wildman–Crippen MR) is 74.3 cm³/mol. The van der Waals surface area contributed by atoms with E-state index in [0.717, 1.165) is 11.1 Å². The van der Waals surface area contributed by atoms with Gasteiger partial charge in [-0.2, -0.15) is 11.3 Å². The van der Waals surface area contributed by atoms with Crippen LogP contribution in [0.3, 0.4) is 0 Å². The number of rotatable bonds is 5. The highest BCUT2D eigenvalue weighted by atomic mass is 35.5. The van der Waals surface area contributed by atoms with Gasteiger partial charge >= 0.3 is 5.97 Å². The minimum absolute atomic E-state index is 0.431. The lowest BCUT2D eigenvalue weighted by Gasteiger charge is -2.12. The van der Waals surface area contributed by atoms with Gasteiger partial charge in [0.1, 0.15) is 0 Å². The van der Waals surface area contributed by atoms with Gasteiger partial charge in [0.15, 0.2) is 0 Å². The summed E-state index contributed by atoms with van der Waals surface area (Å²) < 4.78 is 0. The molecule has 1 aromatic carbocycles. The van der Waals surface area contributed by atoms with Crippen LogP contribution in [0.1, 0.15) is 11.1 Å². The first-order valence-electron chi connectivity index (χ1n) is 5.64. The first-order chi connectivity index (χ1) is 8.66. The Kier molecular flexibility index (Phi) is 4.39. The van der Waals surface area contributed by atoms with Gasteiger partial charge in [-0.15, -0.1) is 0 Å². The Labute approximate surface area is 115 Å². The summed E-state index contributed by atoms with van der Waals surface area (Å²) in [6.07, 6.45) is 1.01. The number of thiophene rings is 1. The van der Waals surface area contributed by atoms with E-state index in [-0.39, 0.29) is 0 Å². The van der Waals surface area contributed by atoms with Gasteiger partial charge in [0.25, 0.3) is 0 Å². The number of carboxylic acid groups (broad SMARTS) is 1. The lowest BCUT2D eigenvalue weighted by Crippen LogP contribution is -2.19. The van der Waals surface area contributed by atoms with Crippen LogP contribution in [0.4, 0.5) is 0 Å². The summed E-state index contributed by atoms with van der Waals surface area (Å²) in [5.74, 6) is -1.21. The molecule has 0 saturated carbocycles. The van der Waals surface area contributed by atoms with E-state index in [1.165, 1.54) is 0 Å². The lowest BCUT2D eigenvalue weighted by molar-refractivity contribution is -0.141. The highest BCUT2D eigenvalue weighted by Crippen LogP contribution is 2.22. The maximum atomic E-state index is 11.3. The molecule has 0 bridgehead atoms. The largest absolute Gasteiger partial charge is 0.481 e. The van der Waals surface area contributed by atoms with E-state index in [4.69, 9.17) is 11.6 Å². The Balaban J connectivity index is 2.12. The van der Waals surface area contributed by atoms with Crippen LogP contribution in [-0.2, 0) is 17.6 Å². The number of aliphatic carboxylic acids is 1. The first-order valence-corrected chi connectivity index (χ1v) is 6.96. The van der Waals surface area contributed by atoms with Crippen molar-refractivity contribution >= 4 is 28.9 Å². The summed E-state index contributed by atoms with van der Waals surface area (Å²) in [6.45, 7) is 0. The third-order valence-corrected chi connectivity index (χ3v) is 3.94. The average molecular weight is 281 g/mol. The molecular weight excluding hydrogens is 268 g/mol. The van der Waals surface area contributed by atoms with Gasteiger partial charge < -0.3 is 5.11 Å². The lowest BCUT2D eigenvalue weighted by atomic mass is 9.94. The summed E-state index contributed by atoms with van der Waals surface area (Å²) >= 11 is 7.65. The second-order valence-electron chi connectivity index (χ2n) is 4.17. The van der Waals surface area contributed by atoms with E-state index in [1.807, 2.05) is 35.0 Å². The van der Waals surface area contributed by atoms with Crippen LogP contribution in [0.15, 0.2) is 41.1 Å². The van der Waals surface area contributed by atoms with Crippen molar-refractivity contribution in [2.45, 2.75) is 12.8 Å². The van der Waals surface area contributed by atoms with E-state index in [9.17, 15) is 9.90 Å². The van der Waals surface area contributed by atoms with Crippen molar-refractivity contribution in [1.29, 1.82) is 0 Å². The first kappa shape index (κ1) is 13.1. The third kappa shape index (κ3) is 3.34. The number of carbonyl (C=O) groups is 1. The van der Waals surface area contributed by atoms with Crippen LogP contribution in [-0.4, -0.2) is 11.1 Å². The molecule has 0 aliphatic carbocycles. The number of hydrogen-bond acceptors (Lipinski definition) is 2. The molecule has 1 heterocycles. The molecule has 0 amide bonds. The zero-order valence-corrected chi connectivity index (χ0v) is 11.2. The summed E-state index contributed by atoms with van der Waals surface area (Å²) in [6, 6.07) is 9.37. The molecule has 2 nitrogen and oxygen atoms in total. The standard InChI is InChI=1S/C14H13ClO2S/c15-13-4-2-1-3-11(13)8-12(14(16)17)7-10-5-6-18-9-10/h1-6,9,12H,7-8H2,(H,16,17). The summed E-state index contributed by atoms with van der Waals surface area (Å²) in [7, 11) is 0. The van der Waals surface area contributed by atoms with Crippen molar-refractivity contribution in [3.63, 3.8) is 0 Å². The molecule has 1 atom stereocenters. The van der Waals surface area contributed by atoms with Crippen LogP contribution in [0.2, 0.25) is 5.02 Å². The van der Waals surface area contributed by atoms with Gasteiger partial charge in [0.2, 0.25) is 0 Å². The van der Waals surface area contributed by atoms with Crippen LogP contribution in [0.25, 0.3) is 0 Å². The van der Waals surface area contributed by atoms with Gasteiger partial charge in [-0.3, -0.25) is 4.79 Å².